The van der Waals surface area contributed by atoms with Gasteiger partial charge >= 0.3 is 0 Å². The molecule has 4 rings (SSSR count). The van der Waals surface area contributed by atoms with Gasteiger partial charge in [0.1, 0.15) is 5.75 Å². The fourth-order valence-corrected chi connectivity index (χ4v) is 3.15. The Bertz CT molecular complexity index is 918. The molecule has 2 atom stereocenters. The van der Waals surface area contributed by atoms with Gasteiger partial charge in [0.25, 0.3) is 5.91 Å². The van der Waals surface area contributed by atoms with Gasteiger partial charge in [0.15, 0.2) is 6.10 Å². The van der Waals surface area contributed by atoms with Crippen LogP contribution < -0.4 is 10.1 Å². The molecule has 1 aliphatic rings. The Balaban J connectivity index is 1.54. The van der Waals surface area contributed by atoms with Crippen molar-refractivity contribution >= 4 is 11.6 Å². The standard InChI is InChI=1S/C20H19N3O2/c1-13-16-10-6-7-11-18(16)25-19(13)20(24)21-17-12-23(22-14(17)2)15-8-4-3-5-9-15/h3-13,19H,1-2H3,(H,21,24)/t13-,19-/m0/s1. The second-order valence-electron chi connectivity index (χ2n) is 6.26. The van der Waals surface area contributed by atoms with E-state index in [1.807, 2.05) is 74.6 Å². The van der Waals surface area contributed by atoms with E-state index in [0.717, 1.165) is 22.7 Å². The maximum atomic E-state index is 12.7. The Morgan fingerprint density at radius 1 is 1.12 bits per heavy atom. The van der Waals surface area contributed by atoms with Crippen LogP contribution in [0.3, 0.4) is 0 Å². The van der Waals surface area contributed by atoms with E-state index in [4.69, 9.17) is 4.74 Å². The molecule has 0 unspecified atom stereocenters. The molecule has 0 aliphatic carbocycles. The molecule has 1 amide bonds. The molecule has 2 aromatic carbocycles. The van der Waals surface area contributed by atoms with E-state index in [2.05, 4.69) is 10.4 Å². The number of carbonyl (C=O) groups excluding carboxylic acids is 1. The number of nitrogens with zero attached hydrogens (tertiary/aromatic N) is 2. The summed E-state index contributed by atoms with van der Waals surface area (Å²) in [4.78, 5) is 12.7. The number of hydrogen-bond acceptors (Lipinski definition) is 3. The first kappa shape index (κ1) is 15.4. The summed E-state index contributed by atoms with van der Waals surface area (Å²) in [7, 11) is 0. The summed E-state index contributed by atoms with van der Waals surface area (Å²) in [6, 6.07) is 17.6. The third kappa shape index (κ3) is 2.78. The van der Waals surface area contributed by atoms with Gasteiger partial charge in [0.05, 0.1) is 23.3 Å². The van der Waals surface area contributed by atoms with Gasteiger partial charge in [-0.15, -0.1) is 0 Å². The molecule has 25 heavy (non-hydrogen) atoms. The maximum absolute atomic E-state index is 12.7. The molecule has 1 aromatic heterocycles. The first-order chi connectivity index (χ1) is 12.1. The third-order valence-corrected chi connectivity index (χ3v) is 4.55. The van der Waals surface area contributed by atoms with Crippen molar-refractivity contribution in [3.8, 4) is 11.4 Å². The molecule has 126 valence electrons. The number of fused-ring (bicyclic) bond motifs is 1. The van der Waals surface area contributed by atoms with Crippen LogP contribution in [0.25, 0.3) is 5.69 Å². The van der Waals surface area contributed by atoms with Gasteiger partial charge in [0, 0.05) is 11.5 Å². The Morgan fingerprint density at radius 2 is 1.84 bits per heavy atom. The average molecular weight is 333 g/mol. The van der Waals surface area contributed by atoms with Gasteiger partial charge in [-0.3, -0.25) is 4.79 Å². The smallest absolute Gasteiger partial charge is 0.266 e. The van der Waals surface area contributed by atoms with Gasteiger partial charge in [-0.1, -0.05) is 43.3 Å². The molecule has 5 nitrogen and oxygen atoms in total. The number of aryl methyl sites for hydroxylation is 1. The van der Waals surface area contributed by atoms with E-state index in [-0.39, 0.29) is 11.8 Å². The fraction of sp³-hybridized carbons (Fsp3) is 0.200. The van der Waals surface area contributed by atoms with Gasteiger partial charge in [-0.2, -0.15) is 5.10 Å². The highest BCUT2D eigenvalue weighted by atomic mass is 16.5. The second kappa shape index (κ2) is 6.09. The zero-order valence-corrected chi connectivity index (χ0v) is 14.1. The van der Waals surface area contributed by atoms with Crippen molar-refractivity contribution in [2.24, 2.45) is 0 Å². The quantitative estimate of drug-likeness (QED) is 0.795. The van der Waals surface area contributed by atoms with E-state index in [1.165, 1.54) is 0 Å². The highest BCUT2D eigenvalue weighted by Gasteiger charge is 2.36. The number of rotatable bonds is 3. The topological polar surface area (TPSA) is 56.2 Å². The van der Waals surface area contributed by atoms with Crippen LogP contribution in [0, 0.1) is 6.92 Å². The Morgan fingerprint density at radius 3 is 2.60 bits per heavy atom. The van der Waals surface area contributed by atoms with Crippen LogP contribution >= 0.6 is 0 Å². The minimum Gasteiger partial charge on any atom is -0.480 e. The number of amides is 1. The van der Waals surface area contributed by atoms with E-state index >= 15 is 0 Å². The lowest BCUT2D eigenvalue weighted by molar-refractivity contribution is -0.122. The van der Waals surface area contributed by atoms with Crippen molar-refractivity contribution < 1.29 is 9.53 Å². The lowest BCUT2D eigenvalue weighted by atomic mass is 9.97. The van der Waals surface area contributed by atoms with Crippen LogP contribution in [0.15, 0.2) is 60.8 Å². The molecule has 1 aliphatic heterocycles. The van der Waals surface area contributed by atoms with Crippen molar-refractivity contribution in [2.45, 2.75) is 25.9 Å². The summed E-state index contributed by atoms with van der Waals surface area (Å²) in [6.07, 6.45) is 1.30. The molecule has 0 saturated heterocycles. The van der Waals surface area contributed by atoms with E-state index in [1.54, 1.807) is 4.68 Å². The molecule has 2 heterocycles. The van der Waals surface area contributed by atoms with Crippen LogP contribution in [0.1, 0.15) is 24.1 Å². The molecule has 1 N–H and O–H groups in total. The molecule has 0 spiro atoms. The Kier molecular flexibility index (Phi) is 3.76. The highest BCUT2D eigenvalue weighted by molar-refractivity contribution is 5.96. The van der Waals surface area contributed by atoms with Gasteiger partial charge < -0.3 is 10.1 Å². The molecule has 0 bridgehead atoms. The summed E-state index contributed by atoms with van der Waals surface area (Å²) >= 11 is 0. The largest absolute Gasteiger partial charge is 0.480 e. The number of aromatic nitrogens is 2. The third-order valence-electron chi connectivity index (χ3n) is 4.55. The monoisotopic (exact) mass is 333 g/mol. The molecule has 3 aromatic rings. The normalized spacial score (nSPS) is 18.5. The first-order valence-corrected chi connectivity index (χ1v) is 8.31. The van der Waals surface area contributed by atoms with E-state index < -0.39 is 6.10 Å². The summed E-state index contributed by atoms with van der Waals surface area (Å²) < 4.78 is 7.61. The Hall–Kier alpha value is -3.08. The molecule has 5 heteroatoms. The maximum Gasteiger partial charge on any atom is 0.266 e. The molecule has 0 fully saturated rings. The second-order valence-corrected chi connectivity index (χ2v) is 6.26. The van der Waals surface area contributed by atoms with Crippen LogP contribution in [0.5, 0.6) is 5.75 Å². The number of benzene rings is 2. The summed E-state index contributed by atoms with van der Waals surface area (Å²) in [5.74, 6) is 0.645. The van der Waals surface area contributed by atoms with Crippen LogP contribution in [0.4, 0.5) is 5.69 Å². The molecule has 0 saturated carbocycles. The Labute approximate surface area is 146 Å². The van der Waals surface area contributed by atoms with Crippen molar-refractivity contribution in [3.05, 3.63) is 72.1 Å². The minimum absolute atomic E-state index is 0.0145. The summed E-state index contributed by atoms with van der Waals surface area (Å²) in [5, 5.41) is 7.44. The van der Waals surface area contributed by atoms with Crippen LogP contribution in [0.2, 0.25) is 0 Å². The predicted octanol–water partition coefficient (Wildman–Crippen LogP) is 3.68. The SMILES string of the molecule is Cc1nn(-c2ccccc2)cc1NC(=O)[C@H]1Oc2ccccc2[C@@H]1C. The van der Waals surface area contributed by atoms with Crippen LogP contribution in [-0.4, -0.2) is 21.8 Å². The van der Waals surface area contributed by atoms with Gasteiger partial charge in [-0.05, 0) is 25.1 Å². The molecular weight excluding hydrogens is 314 g/mol. The zero-order chi connectivity index (χ0) is 17.4. The number of ether oxygens (including phenoxy) is 1. The number of nitrogens with one attached hydrogen (secondary N) is 1. The minimum atomic E-state index is -0.531. The van der Waals surface area contributed by atoms with Crippen molar-refractivity contribution in [1.29, 1.82) is 0 Å². The average Bonchev–Trinajstić information content (AvgIpc) is 3.17. The summed E-state index contributed by atoms with van der Waals surface area (Å²) in [5.41, 5.74) is 3.48. The first-order valence-electron chi connectivity index (χ1n) is 8.31. The van der Waals surface area contributed by atoms with E-state index in [9.17, 15) is 4.79 Å². The van der Waals surface area contributed by atoms with Gasteiger partial charge in [0.2, 0.25) is 0 Å². The summed E-state index contributed by atoms with van der Waals surface area (Å²) in [6.45, 7) is 3.89. The lowest BCUT2D eigenvalue weighted by Crippen LogP contribution is -2.33. The van der Waals surface area contributed by atoms with Crippen molar-refractivity contribution in [3.63, 3.8) is 0 Å². The number of para-hydroxylation sites is 2. The number of anilines is 1. The molecular formula is C20H19N3O2. The fourth-order valence-electron chi connectivity index (χ4n) is 3.15. The molecule has 0 radical (unpaired) electrons. The van der Waals surface area contributed by atoms with Crippen LogP contribution in [-0.2, 0) is 4.79 Å². The lowest BCUT2D eigenvalue weighted by Gasteiger charge is -2.14. The van der Waals surface area contributed by atoms with Gasteiger partial charge in [-0.25, -0.2) is 4.68 Å². The number of carbonyl (C=O) groups is 1. The van der Waals surface area contributed by atoms with Crippen molar-refractivity contribution in [2.75, 3.05) is 5.32 Å². The highest BCUT2D eigenvalue weighted by Crippen LogP contribution is 2.38. The zero-order valence-electron chi connectivity index (χ0n) is 14.1. The van der Waals surface area contributed by atoms with E-state index in [0.29, 0.717) is 5.69 Å². The predicted molar refractivity (Wildman–Crippen MR) is 96.2 cm³/mol. The number of hydrogen-bond donors (Lipinski definition) is 1. The van der Waals surface area contributed by atoms with Crippen molar-refractivity contribution in [1.82, 2.24) is 9.78 Å².